The zero-order chi connectivity index (χ0) is 20.0. The molecule has 0 aliphatic carbocycles. The second kappa shape index (κ2) is 6.41. The number of aromatic nitrogens is 5. The van der Waals surface area contributed by atoms with Crippen LogP contribution in [0.3, 0.4) is 0 Å². The molecule has 0 aliphatic heterocycles. The van der Waals surface area contributed by atoms with Crippen molar-refractivity contribution in [1.82, 2.24) is 24.6 Å². The van der Waals surface area contributed by atoms with E-state index < -0.39 is 0 Å². The molecule has 0 spiro atoms. The summed E-state index contributed by atoms with van der Waals surface area (Å²) in [5, 5.41) is 8.23. The van der Waals surface area contributed by atoms with Gasteiger partial charge < -0.3 is 0 Å². The van der Waals surface area contributed by atoms with E-state index in [1.165, 1.54) is 10.7 Å². The number of nitrogens with one attached hydrogen (secondary N) is 3. The SMILES string of the molecule is Cc1[nH]n2c(=O)c3ccccc3nc2c1/C=N/Nc1nc2ccccc2c(=O)[nH]1. The summed E-state index contributed by atoms with van der Waals surface area (Å²) in [6.45, 7) is 1.83. The average molecular weight is 385 g/mol. The van der Waals surface area contributed by atoms with Crippen LogP contribution in [0.4, 0.5) is 5.95 Å². The molecule has 0 aliphatic rings. The summed E-state index contributed by atoms with van der Waals surface area (Å²) in [7, 11) is 0. The topological polar surface area (TPSA) is 120 Å². The Kier molecular flexibility index (Phi) is 3.73. The van der Waals surface area contributed by atoms with Crippen LogP contribution in [0, 0.1) is 6.92 Å². The molecule has 0 bridgehead atoms. The summed E-state index contributed by atoms with van der Waals surface area (Å²) in [6.07, 6.45) is 1.54. The Morgan fingerprint density at radius 2 is 1.69 bits per heavy atom. The largest absolute Gasteiger partial charge is 0.293 e. The zero-order valence-electron chi connectivity index (χ0n) is 15.3. The minimum absolute atomic E-state index is 0.179. The Labute approximate surface area is 162 Å². The van der Waals surface area contributed by atoms with Crippen LogP contribution in [0.2, 0.25) is 0 Å². The van der Waals surface area contributed by atoms with Gasteiger partial charge in [-0.05, 0) is 31.2 Å². The molecule has 3 N–H and O–H groups in total. The van der Waals surface area contributed by atoms with Crippen LogP contribution in [0.15, 0.2) is 63.2 Å². The molecule has 9 nitrogen and oxygen atoms in total. The number of rotatable bonds is 3. The maximum absolute atomic E-state index is 12.7. The summed E-state index contributed by atoms with van der Waals surface area (Å²) in [6, 6.07) is 14.2. The molecule has 142 valence electrons. The molecule has 3 aromatic heterocycles. The smallest absolute Gasteiger partial charge is 0.280 e. The molecule has 0 unspecified atom stereocenters. The molecule has 5 aromatic rings. The summed E-state index contributed by atoms with van der Waals surface area (Å²) < 4.78 is 1.40. The van der Waals surface area contributed by atoms with Gasteiger partial charge in [0, 0.05) is 5.69 Å². The fourth-order valence-corrected chi connectivity index (χ4v) is 3.26. The fourth-order valence-electron chi connectivity index (χ4n) is 3.26. The van der Waals surface area contributed by atoms with Crippen molar-refractivity contribution in [3.8, 4) is 0 Å². The lowest BCUT2D eigenvalue weighted by Gasteiger charge is -2.01. The highest BCUT2D eigenvalue weighted by Gasteiger charge is 2.12. The molecule has 29 heavy (non-hydrogen) atoms. The van der Waals surface area contributed by atoms with E-state index in [1.807, 2.05) is 19.1 Å². The second-order valence-electron chi connectivity index (χ2n) is 6.55. The number of benzene rings is 2. The lowest BCUT2D eigenvalue weighted by molar-refractivity contribution is 0.895. The average Bonchev–Trinajstić information content (AvgIpc) is 3.04. The second-order valence-corrected chi connectivity index (χ2v) is 6.55. The van der Waals surface area contributed by atoms with Gasteiger partial charge in [-0.2, -0.15) is 5.10 Å². The van der Waals surface area contributed by atoms with E-state index in [-0.39, 0.29) is 17.1 Å². The third-order valence-corrected chi connectivity index (χ3v) is 4.68. The number of nitrogens with zero attached hydrogens (tertiary/aromatic N) is 4. The number of hydrogen-bond donors (Lipinski definition) is 3. The molecular formula is C20H15N7O2. The number of aryl methyl sites for hydroxylation is 1. The molecule has 0 saturated heterocycles. The first kappa shape index (κ1) is 16.9. The van der Waals surface area contributed by atoms with Crippen molar-refractivity contribution in [3.63, 3.8) is 0 Å². The first-order chi connectivity index (χ1) is 14.1. The summed E-state index contributed by atoms with van der Waals surface area (Å²) in [5.74, 6) is 0.220. The van der Waals surface area contributed by atoms with Crippen molar-refractivity contribution < 1.29 is 0 Å². The number of para-hydroxylation sites is 2. The van der Waals surface area contributed by atoms with Crippen molar-refractivity contribution in [2.24, 2.45) is 5.10 Å². The molecule has 0 amide bonds. The first-order valence-corrected chi connectivity index (χ1v) is 8.90. The van der Waals surface area contributed by atoms with Crippen LogP contribution in [-0.4, -0.2) is 30.8 Å². The molecular weight excluding hydrogens is 370 g/mol. The van der Waals surface area contributed by atoms with Gasteiger partial charge in [0.15, 0.2) is 5.65 Å². The minimum Gasteiger partial charge on any atom is -0.293 e. The molecule has 5 rings (SSSR count). The van der Waals surface area contributed by atoms with E-state index in [2.05, 4.69) is 30.6 Å². The van der Waals surface area contributed by atoms with Crippen molar-refractivity contribution in [1.29, 1.82) is 0 Å². The van der Waals surface area contributed by atoms with Gasteiger partial charge in [0.05, 0.1) is 33.6 Å². The highest BCUT2D eigenvalue weighted by atomic mass is 16.1. The normalized spacial score (nSPS) is 11.8. The molecule has 9 heteroatoms. The zero-order valence-corrected chi connectivity index (χ0v) is 15.3. The van der Waals surface area contributed by atoms with E-state index in [4.69, 9.17) is 0 Å². The standard InChI is InChI=1S/C20H15N7O2/c1-11-14(17-22-16-9-5-3-7-13(16)19(29)27(17)26-11)10-21-25-20-23-15-8-4-2-6-12(15)18(28)24-20/h2-10,26H,1H3,(H2,23,24,25,28)/b21-10+. The predicted octanol–water partition coefficient (Wildman–Crippen LogP) is 2.17. The van der Waals surface area contributed by atoms with Gasteiger partial charge in [-0.15, -0.1) is 0 Å². The van der Waals surface area contributed by atoms with Crippen molar-refractivity contribution in [3.05, 3.63) is 80.5 Å². The Morgan fingerprint density at radius 3 is 2.48 bits per heavy atom. The summed E-state index contributed by atoms with van der Waals surface area (Å²) >= 11 is 0. The Bertz CT molecular complexity index is 1540. The molecule has 3 heterocycles. The Balaban J connectivity index is 1.55. The van der Waals surface area contributed by atoms with E-state index >= 15 is 0 Å². The monoisotopic (exact) mass is 385 g/mol. The molecule has 2 aromatic carbocycles. The lowest BCUT2D eigenvalue weighted by atomic mass is 10.2. The lowest BCUT2D eigenvalue weighted by Crippen LogP contribution is -2.15. The van der Waals surface area contributed by atoms with Crippen LogP contribution < -0.4 is 16.5 Å². The minimum atomic E-state index is -0.253. The van der Waals surface area contributed by atoms with Gasteiger partial charge >= 0.3 is 0 Å². The number of hydrazone groups is 1. The molecule has 0 atom stereocenters. The number of anilines is 1. The maximum atomic E-state index is 12.7. The van der Waals surface area contributed by atoms with Gasteiger partial charge in [-0.1, -0.05) is 24.3 Å². The maximum Gasteiger partial charge on any atom is 0.280 e. The Morgan fingerprint density at radius 1 is 1.00 bits per heavy atom. The van der Waals surface area contributed by atoms with Gasteiger partial charge in [0.25, 0.3) is 11.1 Å². The third kappa shape index (κ3) is 2.76. The number of hydrogen-bond acceptors (Lipinski definition) is 6. The van der Waals surface area contributed by atoms with Crippen molar-refractivity contribution >= 4 is 39.6 Å². The van der Waals surface area contributed by atoms with E-state index in [9.17, 15) is 9.59 Å². The predicted molar refractivity (Wildman–Crippen MR) is 112 cm³/mol. The van der Waals surface area contributed by atoms with Gasteiger partial charge in [0.2, 0.25) is 5.95 Å². The van der Waals surface area contributed by atoms with E-state index in [0.29, 0.717) is 33.0 Å². The molecule has 0 fully saturated rings. The van der Waals surface area contributed by atoms with Crippen LogP contribution in [0.5, 0.6) is 0 Å². The van der Waals surface area contributed by atoms with Crippen LogP contribution >= 0.6 is 0 Å². The third-order valence-electron chi connectivity index (χ3n) is 4.68. The van der Waals surface area contributed by atoms with Crippen LogP contribution in [-0.2, 0) is 0 Å². The van der Waals surface area contributed by atoms with E-state index in [0.717, 1.165) is 5.69 Å². The number of fused-ring (bicyclic) bond motifs is 3. The van der Waals surface area contributed by atoms with E-state index in [1.54, 1.807) is 36.4 Å². The molecule has 0 saturated carbocycles. The highest BCUT2D eigenvalue weighted by molar-refractivity contribution is 5.91. The van der Waals surface area contributed by atoms with Gasteiger partial charge in [-0.25, -0.2) is 19.9 Å². The number of aromatic amines is 2. The highest BCUT2D eigenvalue weighted by Crippen LogP contribution is 2.14. The van der Waals surface area contributed by atoms with Crippen molar-refractivity contribution in [2.75, 3.05) is 5.43 Å². The molecule has 0 radical (unpaired) electrons. The quantitative estimate of drug-likeness (QED) is 0.325. The van der Waals surface area contributed by atoms with Crippen LogP contribution in [0.25, 0.3) is 27.5 Å². The summed E-state index contributed by atoms with van der Waals surface area (Å²) in [5.41, 5.74) is 5.34. The Hall–Kier alpha value is -4.27. The first-order valence-electron chi connectivity index (χ1n) is 8.90. The fraction of sp³-hybridized carbons (Fsp3) is 0.0500. The number of H-pyrrole nitrogens is 2. The van der Waals surface area contributed by atoms with Crippen LogP contribution in [0.1, 0.15) is 11.3 Å². The van der Waals surface area contributed by atoms with Gasteiger partial charge in [-0.3, -0.25) is 19.7 Å². The summed E-state index contributed by atoms with van der Waals surface area (Å²) in [4.78, 5) is 36.4. The van der Waals surface area contributed by atoms with Crippen molar-refractivity contribution in [2.45, 2.75) is 6.92 Å². The van der Waals surface area contributed by atoms with Gasteiger partial charge in [0.1, 0.15) is 0 Å².